The molecule has 126 valence electrons. The number of aryl methyl sites for hydroxylation is 1. The lowest BCUT2D eigenvalue weighted by Crippen LogP contribution is -2.08. The van der Waals surface area contributed by atoms with Crippen LogP contribution < -0.4 is 15.2 Å². The van der Waals surface area contributed by atoms with Gasteiger partial charge in [0, 0.05) is 5.69 Å². The van der Waals surface area contributed by atoms with Crippen molar-refractivity contribution in [3.05, 3.63) is 89.5 Å². The van der Waals surface area contributed by atoms with Gasteiger partial charge in [-0.2, -0.15) is 0 Å². The molecule has 0 fully saturated rings. The number of rotatable bonds is 5. The number of ether oxygens (including phenoxy) is 2. The van der Waals surface area contributed by atoms with Gasteiger partial charge in [-0.25, -0.2) is 4.79 Å². The first kappa shape index (κ1) is 16.6. The molecule has 0 aliphatic carbocycles. The van der Waals surface area contributed by atoms with Gasteiger partial charge in [-0.15, -0.1) is 0 Å². The average Bonchev–Trinajstić information content (AvgIpc) is 2.63. The maximum Gasteiger partial charge on any atom is 0.343 e. The maximum atomic E-state index is 12.1. The fourth-order valence-electron chi connectivity index (χ4n) is 2.24. The standard InChI is InChI=1S/C21H19NO3/c1-15-2-4-16(5-3-15)14-24-19-10-12-20(13-11-19)25-21(23)17-6-8-18(22)9-7-17/h2-13H,14,22H2,1H3. The van der Waals surface area contributed by atoms with Crippen LogP contribution in [0.4, 0.5) is 5.69 Å². The van der Waals surface area contributed by atoms with E-state index in [0.29, 0.717) is 29.4 Å². The van der Waals surface area contributed by atoms with Crippen molar-refractivity contribution in [2.24, 2.45) is 0 Å². The third-order valence-electron chi connectivity index (χ3n) is 3.71. The number of esters is 1. The molecule has 3 aromatic carbocycles. The molecule has 2 N–H and O–H groups in total. The number of benzene rings is 3. The van der Waals surface area contributed by atoms with Crippen molar-refractivity contribution in [2.75, 3.05) is 5.73 Å². The first-order valence-corrected chi connectivity index (χ1v) is 7.96. The third-order valence-corrected chi connectivity index (χ3v) is 3.71. The van der Waals surface area contributed by atoms with Crippen LogP contribution in [0.3, 0.4) is 0 Å². The summed E-state index contributed by atoms with van der Waals surface area (Å²) in [5.74, 6) is 0.755. The molecule has 4 heteroatoms. The second kappa shape index (κ2) is 7.53. The lowest BCUT2D eigenvalue weighted by Gasteiger charge is -2.08. The second-order valence-electron chi connectivity index (χ2n) is 5.76. The summed E-state index contributed by atoms with van der Waals surface area (Å²) in [6.45, 7) is 2.54. The number of hydrogen-bond acceptors (Lipinski definition) is 4. The molecular weight excluding hydrogens is 314 g/mol. The minimum absolute atomic E-state index is 0.423. The SMILES string of the molecule is Cc1ccc(COc2ccc(OC(=O)c3ccc(N)cc3)cc2)cc1. The molecule has 3 aromatic rings. The van der Waals surface area contributed by atoms with Gasteiger partial charge in [0.2, 0.25) is 0 Å². The smallest absolute Gasteiger partial charge is 0.343 e. The highest BCUT2D eigenvalue weighted by molar-refractivity contribution is 5.91. The molecule has 0 unspecified atom stereocenters. The van der Waals surface area contributed by atoms with Crippen LogP contribution in [0.5, 0.6) is 11.5 Å². The van der Waals surface area contributed by atoms with Crippen LogP contribution in [0.2, 0.25) is 0 Å². The Kier molecular flexibility index (Phi) is 5.00. The lowest BCUT2D eigenvalue weighted by molar-refractivity contribution is 0.0734. The highest BCUT2D eigenvalue weighted by Crippen LogP contribution is 2.20. The van der Waals surface area contributed by atoms with Crippen LogP contribution in [0.1, 0.15) is 21.5 Å². The summed E-state index contributed by atoms with van der Waals surface area (Å²) in [7, 11) is 0. The van der Waals surface area contributed by atoms with E-state index in [-0.39, 0.29) is 0 Å². The number of nitrogen functional groups attached to an aromatic ring is 1. The summed E-state index contributed by atoms with van der Waals surface area (Å²) in [5, 5.41) is 0. The van der Waals surface area contributed by atoms with Gasteiger partial charge in [0.15, 0.2) is 0 Å². The summed E-state index contributed by atoms with van der Waals surface area (Å²) >= 11 is 0. The highest BCUT2D eigenvalue weighted by Gasteiger charge is 2.08. The zero-order chi connectivity index (χ0) is 17.6. The van der Waals surface area contributed by atoms with Crippen LogP contribution in [-0.2, 0) is 6.61 Å². The van der Waals surface area contributed by atoms with Crippen LogP contribution >= 0.6 is 0 Å². The molecule has 0 spiro atoms. The van der Waals surface area contributed by atoms with Crippen LogP contribution in [0.15, 0.2) is 72.8 Å². The van der Waals surface area contributed by atoms with Crippen molar-refractivity contribution in [3.63, 3.8) is 0 Å². The number of hydrogen-bond donors (Lipinski definition) is 1. The van der Waals surface area contributed by atoms with E-state index in [1.54, 1.807) is 48.5 Å². The van der Waals surface area contributed by atoms with Gasteiger partial charge in [0.25, 0.3) is 0 Å². The van der Waals surface area contributed by atoms with Crippen molar-refractivity contribution in [1.29, 1.82) is 0 Å². The Labute approximate surface area is 146 Å². The lowest BCUT2D eigenvalue weighted by atomic mass is 10.2. The molecule has 0 bridgehead atoms. The molecule has 0 aromatic heterocycles. The zero-order valence-corrected chi connectivity index (χ0v) is 13.9. The normalized spacial score (nSPS) is 10.3. The molecule has 0 aliphatic rings. The van der Waals surface area contributed by atoms with Gasteiger partial charge in [-0.3, -0.25) is 0 Å². The van der Waals surface area contributed by atoms with Crippen LogP contribution in [0.25, 0.3) is 0 Å². The second-order valence-corrected chi connectivity index (χ2v) is 5.76. The van der Waals surface area contributed by atoms with E-state index in [1.807, 2.05) is 12.1 Å². The Bertz CT molecular complexity index is 838. The minimum atomic E-state index is -0.423. The van der Waals surface area contributed by atoms with Crippen molar-refractivity contribution >= 4 is 11.7 Å². The molecular formula is C21H19NO3. The topological polar surface area (TPSA) is 61.5 Å². The van der Waals surface area contributed by atoms with Crippen LogP contribution in [-0.4, -0.2) is 5.97 Å². The largest absolute Gasteiger partial charge is 0.489 e. The first-order chi connectivity index (χ1) is 12.1. The molecule has 0 amide bonds. The maximum absolute atomic E-state index is 12.1. The molecule has 0 aliphatic heterocycles. The Balaban J connectivity index is 1.57. The third kappa shape index (κ3) is 4.61. The number of carbonyl (C=O) groups excluding carboxylic acids is 1. The van der Waals surface area contributed by atoms with E-state index < -0.39 is 5.97 Å². The van der Waals surface area contributed by atoms with E-state index >= 15 is 0 Å². The predicted octanol–water partition coefficient (Wildman–Crippen LogP) is 4.38. The molecule has 25 heavy (non-hydrogen) atoms. The van der Waals surface area contributed by atoms with E-state index in [2.05, 4.69) is 19.1 Å². The van der Waals surface area contributed by atoms with E-state index in [9.17, 15) is 4.79 Å². The monoisotopic (exact) mass is 333 g/mol. The van der Waals surface area contributed by atoms with Gasteiger partial charge in [0.1, 0.15) is 18.1 Å². The summed E-state index contributed by atoms with van der Waals surface area (Å²) in [5.41, 5.74) is 8.98. The number of nitrogens with two attached hydrogens (primary N) is 1. The summed E-state index contributed by atoms with van der Waals surface area (Å²) in [4.78, 5) is 12.1. The molecule has 4 nitrogen and oxygen atoms in total. The van der Waals surface area contributed by atoms with Gasteiger partial charge in [-0.05, 0) is 61.0 Å². The van der Waals surface area contributed by atoms with Crippen molar-refractivity contribution in [1.82, 2.24) is 0 Å². The first-order valence-electron chi connectivity index (χ1n) is 7.96. The average molecular weight is 333 g/mol. The molecule has 0 saturated carbocycles. The Morgan fingerprint density at radius 1 is 0.840 bits per heavy atom. The number of carbonyl (C=O) groups is 1. The Morgan fingerprint density at radius 3 is 2.08 bits per heavy atom. The summed E-state index contributed by atoms with van der Waals surface area (Å²) in [6, 6.07) is 21.8. The molecule has 3 rings (SSSR count). The highest BCUT2D eigenvalue weighted by atomic mass is 16.5. The quantitative estimate of drug-likeness (QED) is 0.428. The Morgan fingerprint density at radius 2 is 1.44 bits per heavy atom. The van der Waals surface area contributed by atoms with Gasteiger partial charge in [-0.1, -0.05) is 29.8 Å². The van der Waals surface area contributed by atoms with Crippen molar-refractivity contribution in [2.45, 2.75) is 13.5 Å². The Hall–Kier alpha value is -3.27. The molecule has 0 atom stereocenters. The molecule has 0 heterocycles. The predicted molar refractivity (Wildman–Crippen MR) is 97.8 cm³/mol. The van der Waals surface area contributed by atoms with E-state index in [0.717, 1.165) is 5.56 Å². The minimum Gasteiger partial charge on any atom is -0.489 e. The fraction of sp³-hybridized carbons (Fsp3) is 0.0952. The van der Waals surface area contributed by atoms with Crippen molar-refractivity contribution < 1.29 is 14.3 Å². The molecule has 0 saturated heterocycles. The number of anilines is 1. The fourth-order valence-corrected chi connectivity index (χ4v) is 2.24. The van der Waals surface area contributed by atoms with E-state index in [1.165, 1.54) is 5.56 Å². The van der Waals surface area contributed by atoms with E-state index in [4.69, 9.17) is 15.2 Å². The van der Waals surface area contributed by atoms with Crippen molar-refractivity contribution in [3.8, 4) is 11.5 Å². The van der Waals surface area contributed by atoms with Crippen LogP contribution in [0, 0.1) is 6.92 Å². The van der Waals surface area contributed by atoms with Gasteiger partial charge >= 0.3 is 5.97 Å². The van der Waals surface area contributed by atoms with Gasteiger partial charge < -0.3 is 15.2 Å². The zero-order valence-electron chi connectivity index (χ0n) is 13.9. The van der Waals surface area contributed by atoms with Gasteiger partial charge in [0.05, 0.1) is 5.56 Å². The molecule has 0 radical (unpaired) electrons. The summed E-state index contributed by atoms with van der Waals surface area (Å²) in [6.07, 6.45) is 0. The summed E-state index contributed by atoms with van der Waals surface area (Å²) < 4.78 is 11.1.